The molecule has 2 N–H and O–H groups in total. The highest BCUT2D eigenvalue weighted by Gasteiger charge is 2.11. The molecular weight excluding hydrogens is 468 g/mol. The molecule has 0 saturated heterocycles. The normalized spacial score (nSPS) is 10.3. The summed E-state index contributed by atoms with van der Waals surface area (Å²) in [5.74, 6) is -0.927. The summed E-state index contributed by atoms with van der Waals surface area (Å²) < 4.78 is 2.06. The first-order valence-corrected chi connectivity index (χ1v) is 7.69. The lowest BCUT2D eigenvalue weighted by molar-refractivity contribution is 0.0698. The van der Waals surface area contributed by atoms with Gasteiger partial charge in [-0.3, -0.25) is 0 Å². The van der Waals surface area contributed by atoms with Gasteiger partial charge in [0.1, 0.15) is 0 Å². The van der Waals surface area contributed by atoms with E-state index in [9.17, 15) is 9.90 Å². The molecule has 0 aromatic heterocycles. The molecular formula is C14H11I2NO2. The number of aromatic carboxylic acids is 1. The molecule has 0 spiro atoms. The molecule has 0 unspecified atom stereocenters. The Kier molecular flexibility index (Phi) is 4.67. The van der Waals surface area contributed by atoms with Crippen LogP contribution in [0.2, 0.25) is 0 Å². The van der Waals surface area contributed by atoms with Crippen LogP contribution < -0.4 is 5.32 Å². The summed E-state index contributed by atoms with van der Waals surface area (Å²) in [5.41, 5.74) is 2.90. The fourth-order valence-corrected chi connectivity index (χ4v) is 2.85. The Labute approximate surface area is 138 Å². The van der Waals surface area contributed by atoms with Crippen molar-refractivity contribution >= 4 is 62.5 Å². The Morgan fingerprint density at radius 1 is 1.05 bits per heavy atom. The second kappa shape index (κ2) is 6.08. The minimum absolute atomic E-state index is 0.282. The lowest BCUT2D eigenvalue weighted by atomic mass is 10.1. The third kappa shape index (κ3) is 3.59. The van der Waals surface area contributed by atoms with Gasteiger partial charge in [-0.15, -0.1) is 0 Å². The van der Waals surface area contributed by atoms with Crippen molar-refractivity contribution in [2.24, 2.45) is 0 Å². The number of rotatable bonds is 3. The van der Waals surface area contributed by atoms with Crippen LogP contribution in [0.25, 0.3) is 0 Å². The molecule has 0 heterocycles. The molecule has 0 bridgehead atoms. The van der Waals surface area contributed by atoms with Crippen LogP contribution in [0.4, 0.5) is 11.4 Å². The molecule has 98 valence electrons. The monoisotopic (exact) mass is 479 g/mol. The zero-order valence-corrected chi connectivity index (χ0v) is 14.4. The van der Waals surface area contributed by atoms with E-state index in [2.05, 4.69) is 56.6 Å². The molecule has 0 aliphatic heterocycles. The molecule has 0 aliphatic carbocycles. The van der Waals surface area contributed by atoms with Crippen molar-refractivity contribution in [1.29, 1.82) is 0 Å². The van der Waals surface area contributed by atoms with Gasteiger partial charge in [0.2, 0.25) is 0 Å². The predicted octanol–water partition coefficient (Wildman–Crippen LogP) is 4.65. The molecule has 2 rings (SSSR count). The molecule has 0 atom stereocenters. The van der Waals surface area contributed by atoms with Gasteiger partial charge in [-0.05, 0) is 94.1 Å². The van der Waals surface area contributed by atoms with Gasteiger partial charge >= 0.3 is 5.97 Å². The van der Waals surface area contributed by atoms with Crippen molar-refractivity contribution in [2.45, 2.75) is 6.92 Å². The van der Waals surface area contributed by atoms with Gasteiger partial charge in [-0.25, -0.2) is 4.79 Å². The van der Waals surface area contributed by atoms with Crippen LogP contribution in [0.5, 0.6) is 0 Å². The molecule has 0 radical (unpaired) electrons. The largest absolute Gasteiger partial charge is 0.478 e. The maximum Gasteiger partial charge on any atom is 0.337 e. The van der Waals surface area contributed by atoms with E-state index in [4.69, 9.17) is 0 Å². The fraction of sp³-hybridized carbons (Fsp3) is 0.0714. The zero-order valence-electron chi connectivity index (χ0n) is 10.1. The standard InChI is InChI=1S/C14H11I2NO2/c1-8-6-9(15)2-4-12(8)17-13-5-3-10(16)7-11(13)14(18)19/h2-7,17H,1H3,(H,18,19). The van der Waals surface area contributed by atoms with Crippen molar-refractivity contribution in [3.8, 4) is 0 Å². The number of hydrogen-bond donors (Lipinski definition) is 2. The van der Waals surface area contributed by atoms with Gasteiger partial charge < -0.3 is 10.4 Å². The highest BCUT2D eigenvalue weighted by atomic mass is 127. The van der Waals surface area contributed by atoms with E-state index in [1.165, 1.54) is 0 Å². The van der Waals surface area contributed by atoms with Crippen LogP contribution in [-0.4, -0.2) is 11.1 Å². The quantitative estimate of drug-likeness (QED) is 0.631. The lowest BCUT2D eigenvalue weighted by Crippen LogP contribution is -2.04. The van der Waals surface area contributed by atoms with Gasteiger partial charge in [-0.1, -0.05) is 0 Å². The number of carboxylic acids is 1. The molecule has 2 aromatic rings. The summed E-state index contributed by atoms with van der Waals surface area (Å²) in [6, 6.07) is 11.3. The van der Waals surface area contributed by atoms with E-state index in [-0.39, 0.29) is 5.56 Å². The third-order valence-corrected chi connectivity index (χ3v) is 4.01. The van der Waals surface area contributed by atoms with Crippen LogP contribution in [0.15, 0.2) is 36.4 Å². The van der Waals surface area contributed by atoms with Crippen molar-refractivity contribution in [2.75, 3.05) is 5.32 Å². The second-order valence-electron chi connectivity index (χ2n) is 4.08. The van der Waals surface area contributed by atoms with Gasteiger partial charge in [0.25, 0.3) is 0 Å². The fourth-order valence-electron chi connectivity index (χ4n) is 1.71. The average molecular weight is 479 g/mol. The SMILES string of the molecule is Cc1cc(I)ccc1Nc1ccc(I)cc1C(=O)O. The maximum atomic E-state index is 11.3. The number of halogens is 2. The summed E-state index contributed by atoms with van der Waals surface area (Å²) in [6.45, 7) is 2.00. The summed E-state index contributed by atoms with van der Waals surface area (Å²) >= 11 is 4.36. The third-order valence-electron chi connectivity index (χ3n) is 2.67. The number of benzene rings is 2. The summed E-state index contributed by atoms with van der Waals surface area (Å²) in [7, 11) is 0. The van der Waals surface area contributed by atoms with E-state index in [1.54, 1.807) is 12.1 Å². The Balaban J connectivity index is 2.40. The second-order valence-corrected chi connectivity index (χ2v) is 6.57. The van der Waals surface area contributed by atoms with Crippen molar-refractivity contribution in [3.63, 3.8) is 0 Å². The van der Waals surface area contributed by atoms with Crippen LogP contribution in [0.3, 0.4) is 0 Å². The first-order valence-electron chi connectivity index (χ1n) is 5.53. The molecule has 0 amide bonds. The Morgan fingerprint density at radius 2 is 1.63 bits per heavy atom. The van der Waals surface area contributed by atoms with Gasteiger partial charge in [0.05, 0.1) is 11.3 Å². The number of carbonyl (C=O) groups is 1. The van der Waals surface area contributed by atoms with Gasteiger partial charge in [0.15, 0.2) is 0 Å². The Bertz CT molecular complexity index is 641. The van der Waals surface area contributed by atoms with Crippen LogP contribution >= 0.6 is 45.2 Å². The number of nitrogens with one attached hydrogen (secondary N) is 1. The maximum absolute atomic E-state index is 11.3. The predicted molar refractivity (Wildman–Crippen MR) is 93.3 cm³/mol. The van der Waals surface area contributed by atoms with E-state index in [1.807, 2.05) is 25.1 Å². The summed E-state index contributed by atoms with van der Waals surface area (Å²) in [4.78, 5) is 11.3. The highest BCUT2D eigenvalue weighted by molar-refractivity contribution is 14.1. The number of hydrogen-bond acceptors (Lipinski definition) is 2. The topological polar surface area (TPSA) is 49.3 Å². The minimum atomic E-state index is -0.927. The van der Waals surface area contributed by atoms with Crippen LogP contribution in [0, 0.1) is 14.1 Å². The molecule has 19 heavy (non-hydrogen) atoms. The Morgan fingerprint density at radius 3 is 2.21 bits per heavy atom. The average Bonchev–Trinajstić information content (AvgIpc) is 2.34. The first kappa shape index (κ1) is 14.6. The van der Waals surface area contributed by atoms with E-state index in [0.29, 0.717) is 5.69 Å². The number of aryl methyl sites for hydroxylation is 1. The summed E-state index contributed by atoms with van der Waals surface area (Å²) in [6.07, 6.45) is 0. The first-order chi connectivity index (χ1) is 8.97. The molecule has 0 saturated carbocycles. The van der Waals surface area contributed by atoms with Gasteiger partial charge in [0, 0.05) is 12.8 Å². The van der Waals surface area contributed by atoms with E-state index < -0.39 is 5.97 Å². The Hall–Kier alpha value is -0.830. The molecule has 0 aliphatic rings. The van der Waals surface area contributed by atoms with Crippen LogP contribution in [-0.2, 0) is 0 Å². The summed E-state index contributed by atoms with van der Waals surface area (Å²) in [5, 5.41) is 12.4. The number of carboxylic acid groups (broad SMARTS) is 1. The minimum Gasteiger partial charge on any atom is -0.478 e. The number of anilines is 2. The van der Waals surface area contributed by atoms with Crippen molar-refractivity contribution < 1.29 is 9.90 Å². The van der Waals surface area contributed by atoms with E-state index in [0.717, 1.165) is 18.4 Å². The molecule has 5 heteroatoms. The zero-order chi connectivity index (χ0) is 14.0. The van der Waals surface area contributed by atoms with Crippen LogP contribution in [0.1, 0.15) is 15.9 Å². The van der Waals surface area contributed by atoms with Gasteiger partial charge in [-0.2, -0.15) is 0 Å². The van der Waals surface area contributed by atoms with Crippen molar-refractivity contribution in [1.82, 2.24) is 0 Å². The van der Waals surface area contributed by atoms with E-state index >= 15 is 0 Å². The highest BCUT2D eigenvalue weighted by Crippen LogP contribution is 2.26. The molecule has 2 aromatic carbocycles. The molecule has 3 nitrogen and oxygen atoms in total. The lowest BCUT2D eigenvalue weighted by Gasteiger charge is -2.12. The molecule has 0 fully saturated rings. The van der Waals surface area contributed by atoms with Crippen molar-refractivity contribution in [3.05, 3.63) is 54.7 Å². The smallest absolute Gasteiger partial charge is 0.337 e.